The highest BCUT2D eigenvalue weighted by Crippen LogP contribution is 2.24. The summed E-state index contributed by atoms with van der Waals surface area (Å²) in [5, 5.41) is 6.03. The second-order valence-corrected chi connectivity index (χ2v) is 6.89. The number of H-pyrrole nitrogens is 1. The Kier molecular flexibility index (Phi) is 3.93. The van der Waals surface area contributed by atoms with Gasteiger partial charge in [0.25, 0.3) is 5.91 Å². The van der Waals surface area contributed by atoms with Gasteiger partial charge in [-0.2, -0.15) is 0 Å². The lowest BCUT2D eigenvalue weighted by Crippen LogP contribution is -2.23. The van der Waals surface area contributed by atoms with Gasteiger partial charge in [-0.25, -0.2) is 9.97 Å². The van der Waals surface area contributed by atoms with Crippen LogP contribution in [0.25, 0.3) is 11.0 Å². The van der Waals surface area contributed by atoms with E-state index in [1.165, 1.54) is 12.8 Å². The van der Waals surface area contributed by atoms with E-state index >= 15 is 0 Å². The maximum Gasteiger partial charge on any atom is 0.251 e. The van der Waals surface area contributed by atoms with Crippen molar-refractivity contribution in [2.24, 2.45) is 0 Å². The minimum absolute atomic E-state index is 0.0973. The summed E-state index contributed by atoms with van der Waals surface area (Å²) in [6, 6.07) is 5.50. The van der Waals surface area contributed by atoms with Crippen LogP contribution in [-0.4, -0.2) is 33.9 Å². The van der Waals surface area contributed by atoms with Crippen molar-refractivity contribution in [2.45, 2.75) is 26.3 Å². The lowest BCUT2D eigenvalue weighted by molar-refractivity contribution is 0.0950. The van der Waals surface area contributed by atoms with Crippen LogP contribution in [0.4, 0.5) is 5.13 Å². The fraction of sp³-hybridized carbons (Fsp3) is 0.353. The number of thiazole rings is 1. The number of hydrogen-bond donors (Lipinski definition) is 2. The molecule has 6 nitrogen and oxygen atoms in total. The molecule has 24 heavy (non-hydrogen) atoms. The number of carbonyl (C=O) groups excluding carboxylic acids is 1. The van der Waals surface area contributed by atoms with Gasteiger partial charge in [-0.15, -0.1) is 11.3 Å². The molecule has 1 amide bonds. The van der Waals surface area contributed by atoms with Crippen LogP contribution < -0.4 is 10.2 Å². The molecule has 1 aromatic carbocycles. The summed E-state index contributed by atoms with van der Waals surface area (Å²) in [7, 11) is 0. The van der Waals surface area contributed by atoms with Crippen LogP contribution >= 0.6 is 11.3 Å². The molecule has 1 fully saturated rings. The maximum absolute atomic E-state index is 12.4. The summed E-state index contributed by atoms with van der Waals surface area (Å²) in [6.45, 7) is 4.52. The predicted molar refractivity (Wildman–Crippen MR) is 95.6 cm³/mol. The molecule has 3 aromatic rings. The van der Waals surface area contributed by atoms with E-state index in [2.05, 4.69) is 25.2 Å². The zero-order valence-corrected chi connectivity index (χ0v) is 14.3. The van der Waals surface area contributed by atoms with Gasteiger partial charge in [-0.1, -0.05) is 0 Å². The van der Waals surface area contributed by atoms with Crippen LogP contribution in [0.15, 0.2) is 23.6 Å². The van der Waals surface area contributed by atoms with Gasteiger partial charge < -0.3 is 15.2 Å². The number of hydrogen-bond acceptors (Lipinski definition) is 5. The van der Waals surface area contributed by atoms with E-state index in [-0.39, 0.29) is 5.91 Å². The molecule has 2 N–H and O–H groups in total. The predicted octanol–water partition coefficient (Wildman–Crippen LogP) is 2.86. The van der Waals surface area contributed by atoms with Crippen molar-refractivity contribution >= 4 is 33.4 Å². The average Bonchev–Trinajstić information content (AvgIpc) is 3.30. The molecule has 124 valence electrons. The first-order chi connectivity index (χ1) is 11.7. The van der Waals surface area contributed by atoms with Crippen molar-refractivity contribution in [1.29, 1.82) is 0 Å². The Hall–Kier alpha value is -2.41. The number of carbonyl (C=O) groups is 1. The van der Waals surface area contributed by atoms with Crippen LogP contribution in [0.1, 0.15) is 34.7 Å². The van der Waals surface area contributed by atoms with Gasteiger partial charge in [0.1, 0.15) is 5.82 Å². The second-order valence-electron chi connectivity index (χ2n) is 6.05. The highest BCUT2D eigenvalue weighted by molar-refractivity contribution is 7.13. The average molecular weight is 341 g/mol. The summed E-state index contributed by atoms with van der Waals surface area (Å²) in [4.78, 5) is 26.8. The van der Waals surface area contributed by atoms with Crippen molar-refractivity contribution in [1.82, 2.24) is 20.3 Å². The van der Waals surface area contributed by atoms with E-state index in [4.69, 9.17) is 0 Å². The third-order valence-corrected chi connectivity index (χ3v) is 5.16. The molecule has 0 saturated carbocycles. The maximum atomic E-state index is 12.4. The number of nitrogens with zero attached hydrogens (tertiary/aromatic N) is 3. The summed E-state index contributed by atoms with van der Waals surface area (Å²) in [5.41, 5.74) is 3.29. The van der Waals surface area contributed by atoms with Crippen molar-refractivity contribution in [3.05, 3.63) is 40.7 Å². The van der Waals surface area contributed by atoms with Gasteiger partial charge in [0.2, 0.25) is 0 Å². The van der Waals surface area contributed by atoms with E-state index in [0.29, 0.717) is 12.1 Å². The molecular formula is C17H19N5OS. The number of amides is 1. The van der Waals surface area contributed by atoms with Crippen LogP contribution in [0.5, 0.6) is 0 Å². The lowest BCUT2D eigenvalue weighted by Gasteiger charge is -2.12. The van der Waals surface area contributed by atoms with Crippen molar-refractivity contribution in [3.8, 4) is 0 Å². The Morgan fingerprint density at radius 1 is 1.33 bits per heavy atom. The SMILES string of the molecule is Cc1nc2ccc(C(=O)NCc3csc(N4CCCC4)n3)cc2[nH]1. The van der Waals surface area contributed by atoms with Gasteiger partial charge in [0.05, 0.1) is 23.3 Å². The number of aromatic amines is 1. The topological polar surface area (TPSA) is 73.9 Å². The van der Waals surface area contributed by atoms with Gasteiger partial charge in [-0.05, 0) is 38.0 Å². The van der Waals surface area contributed by atoms with Crippen molar-refractivity contribution in [3.63, 3.8) is 0 Å². The van der Waals surface area contributed by atoms with E-state index in [1.807, 2.05) is 24.4 Å². The van der Waals surface area contributed by atoms with E-state index < -0.39 is 0 Å². The first kappa shape index (κ1) is 15.1. The summed E-state index contributed by atoms with van der Waals surface area (Å²) in [6.07, 6.45) is 2.47. The summed E-state index contributed by atoms with van der Waals surface area (Å²) < 4.78 is 0. The van der Waals surface area contributed by atoms with Gasteiger partial charge in [0, 0.05) is 24.0 Å². The fourth-order valence-corrected chi connectivity index (χ4v) is 3.86. The van der Waals surface area contributed by atoms with Crippen molar-refractivity contribution in [2.75, 3.05) is 18.0 Å². The molecule has 7 heteroatoms. The smallest absolute Gasteiger partial charge is 0.251 e. The normalized spacial score (nSPS) is 14.5. The molecule has 1 aliphatic heterocycles. The molecular weight excluding hydrogens is 322 g/mol. The molecule has 0 radical (unpaired) electrons. The number of aryl methyl sites for hydroxylation is 1. The number of nitrogens with one attached hydrogen (secondary N) is 2. The van der Waals surface area contributed by atoms with Crippen molar-refractivity contribution < 1.29 is 4.79 Å². The highest BCUT2D eigenvalue weighted by atomic mass is 32.1. The molecule has 0 aliphatic carbocycles. The van der Waals surface area contributed by atoms with E-state index in [0.717, 1.165) is 40.8 Å². The van der Waals surface area contributed by atoms with Gasteiger partial charge in [0.15, 0.2) is 5.13 Å². The zero-order chi connectivity index (χ0) is 16.5. The third-order valence-electron chi connectivity index (χ3n) is 4.21. The Morgan fingerprint density at radius 3 is 3.00 bits per heavy atom. The van der Waals surface area contributed by atoms with Crippen LogP contribution in [-0.2, 0) is 6.54 Å². The molecule has 0 spiro atoms. The number of anilines is 1. The number of aromatic nitrogens is 3. The number of fused-ring (bicyclic) bond motifs is 1. The van der Waals surface area contributed by atoms with Crippen LogP contribution in [0.3, 0.4) is 0 Å². The summed E-state index contributed by atoms with van der Waals surface area (Å²) >= 11 is 1.65. The Labute approximate surface area is 143 Å². The lowest BCUT2D eigenvalue weighted by atomic mass is 10.2. The molecule has 3 heterocycles. The highest BCUT2D eigenvalue weighted by Gasteiger charge is 2.16. The van der Waals surface area contributed by atoms with E-state index in [9.17, 15) is 4.79 Å². The Morgan fingerprint density at radius 2 is 2.17 bits per heavy atom. The molecule has 0 atom stereocenters. The number of benzene rings is 1. The van der Waals surface area contributed by atoms with Gasteiger partial charge >= 0.3 is 0 Å². The van der Waals surface area contributed by atoms with Crippen LogP contribution in [0.2, 0.25) is 0 Å². The minimum Gasteiger partial charge on any atom is -0.348 e. The first-order valence-corrected chi connectivity index (χ1v) is 9.01. The monoisotopic (exact) mass is 341 g/mol. The quantitative estimate of drug-likeness (QED) is 0.765. The largest absolute Gasteiger partial charge is 0.348 e. The van der Waals surface area contributed by atoms with Crippen LogP contribution in [0, 0.1) is 6.92 Å². The van der Waals surface area contributed by atoms with E-state index in [1.54, 1.807) is 17.4 Å². The summed E-state index contributed by atoms with van der Waals surface area (Å²) in [5.74, 6) is 0.749. The zero-order valence-electron chi connectivity index (χ0n) is 13.5. The molecule has 1 aliphatic rings. The fourth-order valence-electron chi connectivity index (χ4n) is 2.98. The second kappa shape index (κ2) is 6.24. The molecule has 2 aromatic heterocycles. The standard InChI is InChI=1S/C17H19N5OS/c1-11-19-14-5-4-12(8-15(14)20-11)16(23)18-9-13-10-24-17(21-13)22-6-2-3-7-22/h4-5,8,10H,2-3,6-7,9H2,1H3,(H,18,23)(H,19,20). The van der Waals surface area contributed by atoms with Gasteiger partial charge in [-0.3, -0.25) is 4.79 Å². The third kappa shape index (κ3) is 2.99. The number of imidazole rings is 1. The molecule has 0 unspecified atom stereocenters. The molecule has 4 rings (SSSR count). The molecule has 0 bridgehead atoms. The Balaban J connectivity index is 1.41. The minimum atomic E-state index is -0.0973. The number of rotatable bonds is 4. The Bertz CT molecular complexity index is 878. The molecule has 1 saturated heterocycles. The first-order valence-electron chi connectivity index (χ1n) is 8.13.